The monoisotopic (exact) mass is 700 g/mol. The molecule has 0 atom stereocenters. The molecule has 0 saturated carbocycles. The smallest absolute Gasteiger partial charge is 0.164 e. The Hall–Kier alpha value is -7.43. The van der Waals surface area contributed by atoms with Crippen molar-refractivity contribution in [1.29, 1.82) is 0 Å². The first kappa shape index (κ1) is 31.1. The third kappa shape index (κ3) is 5.19. The van der Waals surface area contributed by atoms with E-state index in [0.717, 1.165) is 44.3 Å². The summed E-state index contributed by atoms with van der Waals surface area (Å²) in [5.41, 5.74) is 8.67. The predicted molar refractivity (Wildman–Crippen MR) is 228 cm³/mol. The predicted octanol–water partition coefficient (Wildman–Crippen LogP) is 13.1. The summed E-state index contributed by atoms with van der Waals surface area (Å²) in [6.07, 6.45) is 0. The molecule has 0 aliphatic heterocycles. The van der Waals surface area contributed by atoms with Crippen LogP contribution in [0.15, 0.2) is 194 Å². The summed E-state index contributed by atoms with van der Waals surface area (Å²) < 4.78 is 2.42. The normalized spacial score (nSPS) is 11.6. The number of rotatable bonds is 5. The Morgan fingerprint density at radius 1 is 0.309 bits per heavy atom. The van der Waals surface area contributed by atoms with Crippen molar-refractivity contribution in [1.82, 2.24) is 19.5 Å². The molecule has 256 valence electrons. The van der Waals surface area contributed by atoms with E-state index in [0.29, 0.717) is 17.5 Å². The highest BCUT2D eigenvalue weighted by Crippen LogP contribution is 2.38. The van der Waals surface area contributed by atoms with Gasteiger partial charge < -0.3 is 4.57 Å². The third-order valence-electron chi connectivity index (χ3n) is 10.8. The second-order valence-electron chi connectivity index (χ2n) is 14.0. The summed E-state index contributed by atoms with van der Waals surface area (Å²) in [5, 5.41) is 9.65. The van der Waals surface area contributed by atoms with Crippen molar-refractivity contribution in [2.45, 2.75) is 0 Å². The number of hydrogen-bond donors (Lipinski definition) is 0. The summed E-state index contributed by atoms with van der Waals surface area (Å²) in [5.74, 6) is 1.94. The lowest BCUT2D eigenvalue weighted by atomic mass is 9.97. The molecular weight excluding hydrogens is 669 g/mol. The molecule has 0 unspecified atom stereocenters. The van der Waals surface area contributed by atoms with Crippen molar-refractivity contribution in [2.75, 3.05) is 0 Å². The zero-order valence-corrected chi connectivity index (χ0v) is 29.8. The number of hydrogen-bond acceptors (Lipinski definition) is 3. The Kier molecular flexibility index (Phi) is 7.14. The van der Waals surface area contributed by atoms with Crippen LogP contribution in [0.2, 0.25) is 0 Å². The van der Waals surface area contributed by atoms with Crippen LogP contribution in [0, 0.1) is 0 Å². The van der Waals surface area contributed by atoms with Crippen LogP contribution in [0.1, 0.15) is 0 Å². The Balaban J connectivity index is 1.04. The summed E-state index contributed by atoms with van der Waals surface area (Å²) in [4.78, 5) is 15.3. The van der Waals surface area contributed by atoms with E-state index in [-0.39, 0.29) is 0 Å². The Morgan fingerprint density at radius 2 is 0.891 bits per heavy atom. The molecule has 55 heavy (non-hydrogen) atoms. The molecule has 0 saturated heterocycles. The molecule has 0 aliphatic rings. The van der Waals surface area contributed by atoms with Gasteiger partial charge in [0.2, 0.25) is 0 Å². The fourth-order valence-electron chi connectivity index (χ4n) is 8.22. The molecule has 11 aromatic rings. The molecule has 0 spiro atoms. The maximum absolute atomic E-state index is 5.16. The lowest BCUT2D eigenvalue weighted by Gasteiger charge is -2.13. The molecule has 0 fully saturated rings. The zero-order chi connectivity index (χ0) is 36.3. The van der Waals surface area contributed by atoms with E-state index in [9.17, 15) is 0 Å². The minimum absolute atomic E-state index is 0.638. The standard InChI is InChI=1S/C51H32N4/c1-2-14-35(15-3-1)49-52-50(54-51(53-49)46-32-38-16-5-6-19-40(38)42-21-8-9-22-43(42)46)36-27-25-33(26-28-36)37-17-12-18-39(31-37)55-47-24-11-10-23-44(47)45-30-29-34-13-4-7-20-41(34)48(45)55/h1-32H. The van der Waals surface area contributed by atoms with Crippen LogP contribution in [0.4, 0.5) is 0 Å². The van der Waals surface area contributed by atoms with E-state index >= 15 is 0 Å². The SMILES string of the molecule is c1ccc(-c2nc(-c3ccc(-c4cccc(-n5c6ccccc6c6ccc7ccccc7c65)c4)cc3)nc(-c3cc4ccccc4c4ccccc34)n2)cc1. The average Bonchev–Trinajstić information content (AvgIpc) is 3.61. The van der Waals surface area contributed by atoms with Crippen molar-refractivity contribution in [2.24, 2.45) is 0 Å². The van der Waals surface area contributed by atoms with Crippen molar-refractivity contribution in [3.05, 3.63) is 194 Å². The molecule has 9 aromatic carbocycles. The largest absolute Gasteiger partial charge is 0.309 e. The van der Waals surface area contributed by atoms with Crippen molar-refractivity contribution >= 4 is 54.1 Å². The highest BCUT2D eigenvalue weighted by Gasteiger charge is 2.18. The Labute approximate surface area is 317 Å². The second-order valence-corrected chi connectivity index (χ2v) is 14.0. The van der Waals surface area contributed by atoms with Crippen LogP contribution in [0.5, 0.6) is 0 Å². The third-order valence-corrected chi connectivity index (χ3v) is 10.8. The number of benzene rings is 9. The molecule has 0 bridgehead atoms. The fraction of sp³-hybridized carbons (Fsp3) is 0. The summed E-state index contributed by atoms with van der Waals surface area (Å²) in [6, 6.07) is 68.7. The molecule has 11 rings (SSSR count). The molecule has 2 heterocycles. The van der Waals surface area contributed by atoms with Crippen LogP contribution in [-0.2, 0) is 0 Å². The fourth-order valence-corrected chi connectivity index (χ4v) is 8.22. The molecule has 4 nitrogen and oxygen atoms in total. The number of fused-ring (bicyclic) bond motifs is 8. The van der Waals surface area contributed by atoms with E-state index in [4.69, 9.17) is 15.0 Å². The quantitative estimate of drug-likeness (QED) is 0.168. The molecular formula is C51H32N4. The van der Waals surface area contributed by atoms with E-state index in [1.54, 1.807) is 0 Å². The van der Waals surface area contributed by atoms with Crippen LogP contribution >= 0.6 is 0 Å². The van der Waals surface area contributed by atoms with Crippen LogP contribution < -0.4 is 0 Å². The van der Waals surface area contributed by atoms with Gasteiger partial charge in [-0.15, -0.1) is 0 Å². The molecule has 2 aromatic heterocycles. The van der Waals surface area contributed by atoms with Crippen LogP contribution in [-0.4, -0.2) is 19.5 Å². The lowest BCUT2D eigenvalue weighted by molar-refractivity contribution is 1.08. The van der Waals surface area contributed by atoms with Gasteiger partial charge in [0.15, 0.2) is 17.5 Å². The Bertz CT molecular complexity index is 3250. The molecule has 0 amide bonds. The van der Waals surface area contributed by atoms with Gasteiger partial charge in [0, 0.05) is 38.5 Å². The maximum atomic E-state index is 5.16. The van der Waals surface area contributed by atoms with Gasteiger partial charge in [-0.05, 0) is 62.3 Å². The lowest BCUT2D eigenvalue weighted by Crippen LogP contribution is -2.00. The molecule has 0 aliphatic carbocycles. The van der Waals surface area contributed by atoms with Crippen molar-refractivity contribution in [3.63, 3.8) is 0 Å². The Morgan fingerprint density at radius 3 is 1.69 bits per heavy atom. The average molecular weight is 701 g/mol. The van der Waals surface area contributed by atoms with Gasteiger partial charge in [0.1, 0.15) is 0 Å². The van der Waals surface area contributed by atoms with Gasteiger partial charge in [-0.3, -0.25) is 0 Å². The van der Waals surface area contributed by atoms with Crippen molar-refractivity contribution < 1.29 is 0 Å². The number of para-hydroxylation sites is 1. The van der Waals surface area contributed by atoms with Gasteiger partial charge in [-0.25, -0.2) is 15.0 Å². The highest BCUT2D eigenvalue weighted by molar-refractivity contribution is 6.18. The van der Waals surface area contributed by atoms with E-state index in [1.165, 1.54) is 43.4 Å². The van der Waals surface area contributed by atoms with E-state index in [1.807, 2.05) is 18.2 Å². The van der Waals surface area contributed by atoms with Gasteiger partial charge in [0.05, 0.1) is 11.0 Å². The van der Waals surface area contributed by atoms with Gasteiger partial charge in [-0.2, -0.15) is 0 Å². The minimum Gasteiger partial charge on any atom is -0.309 e. The minimum atomic E-state index is 0.638. The first-order valence-electron chi connectivity index (χ1n) is 18.6. The van der Waals surface area contributed by atoms with Crippen molar-refractivity contribution in [3.8, 4) is 51.0 Å². The molecule has 0 radical (unpaired) electrons. The number of nitrogens with zero attached hydrogens (tertiary/aromatic N) is 4. The number of aromatic nitrogens is 4. The van der Waals surface area contributed by atoms with E-state index in [2.05, 4.69) is 180 Å². The molecule has 0 N–H and O–H groups in total. The molecule has 4 heteroatoms. The summed E-state index contributed by atoms with van der Waals surface area (Å²) in [6.45, 7) is 0. The van der Waals surface area contributed by atoms with Gasteiger partial charge in [-0.1, -0.05) is 170 Å². The second kappa shape index (κ2) is 12.6. The summed E-state index contributed by atoms with van der Waals surface area (Å²) >= 11 is 0. The van der Waals surface area contributed by atoms with Gasteiger partial charge in [0.25, 0.3) is 0 Å². The first-order chi connectivity index (χ1) is 27.3. The topological polar surface area (TPSA) is 43.6 Å². The van der Waals surface area contributed by atoms with E-state index < -0.39 is 0 Å². The maximum Gasteiger partial charge on any atom is 0.164 e. The van der Waals surface area contributed by atoms with Crippen LogP contribution in [0.3, 0.4) is 0 Å². The first-order valence-corrected chi connectivity index (χ1v) is 18.6. The van der Waals surface area contributed by atoms with Gasteiger partial charge >= 0.3 is 0 Å². The van der Waals surface area contributed by atoms with Crippen LogP contribution in [0.25, 0.3) is 105 Å². The summed E-state index contributed by atoms with van der Waals surface area (Å²) in [7, 11) is 0. The zero-order valence-electron chi connectivity index (χ0n) is 29.8. The highest BCUT2D eigenvalue weighted by atomic mass is 15.0.